The Morgan fingerprint density at radius 1 is 1.06 bits per heavy atom. The van der Waals surface area contributed by atoms with Crippen LogP contribution in [0.5, 0.6) is 0 Å². The van der Waals surface area contributed by atoms with Crippen molar-refractivity contribution in [2.24, 2.45) is 10.8 Å². The summed E-state index contributed by atoms with van der Waals surface area (Å²) in [5.41, 5.74) is -0.168. The largest absolute Gasteiger partial charge is 0.306 e. The van der Waals surface area contributed by atoms with E-state index in [1.807, 2.05) is 0 Å². The second-order valence-corrected chi connectivity index (χ2v) is 7.29. The average molecular weight is 256 g/mol. The molecule has 0 amide bonds. The van der Waals surface area contributed by atoms with Gasteiger partial charge in [-0.3, -0.25) is 4.90 Å². The van der Waals surface area contributed by atoms with Crippen LogP contribution in [0, 0.1) is 10.8 Å². The smallest absolute Gasteiger partial charge is 0.255 e. The molecule has 2 saturated heterocycles. The normalized spacial score (nSPS) is 51.2. The Labute approximate surface area is 107 Å². The highest BCUT2D eigenvalue weighted by atomic mass is 19.3. The molecule has 0 aromatic carbocycles. The van der Waals surface area contributed by atoms with E-state index >= 15 is 0 Å². The number of likely N-dealkylation sites (tertiary alicyclic amines) is 2. The summed E-state index contributed by atoms with van der Waals surface area (Å²) in [7, 11) is 2.19. The first-order valence-corrected chi connectivity index (χ1v) is 7.27. The van der Waals surface area contributed by atoms with Gasteiger partial charge in [-0.05, 0) is 51.2 Å². The lowest BCUT2D eigenvalue weighted by Crippen LogP contribution is -2.55. The van der Waals surface area contributed by atoms with Gasteiger partial charge in [0.25, 0.3) is 5.92 Å². The molecule has 4 aliphatic rings. The molecule has 2 saturated carbocycles. The highest BCUT2D eigenvalue weighted by molar-refractivity contribution is 5.17. The fourth-order valence-electron chi connectivity index (χ4n) is 4.83. The third-order valence-electron chi connectivity index (χ3n) is 6.23. The minimum absolute atomic E-state index is 0.149. The van der Waals surface area contributed by atoms with E-state index in [0.29, 0.717) is 18.0 Å². The van der Waals surface area contributed by atoms with Crippen LogP contribution in [-0.4, -0.2) is 55.0 Å². The number of alkyl halides is 2. The lowest BCUT2D eigenvalue weighted by molar-refractivity contribution is -0.0139. The minimum Gasteiger partial charge on any atom is -0.306 e. The molecular weight excluding hydrogens is 234 g/mol. The van der Waals surface area contributed by atoms with E-state index in [2.05, 4.69) is 16.8 Å². The van der Waals surface area contributed by atoms with Gasteiger partial charge in [-0.15, -0.1) is 0 Å². The van der Waals surface area contributed by atoms with Crippen LogP contribution in [0.15, 0.2) is 0 Å². The Kier molecular flexibility index (Phi) is 2.10. The predicted molar refractivity (Wildman–Crippen MR) is 65.8 cm³/mol. The lowest BCUT2D eigenvalue weighted by Gasteiger charge is -2.51. The van der Waals surface area contributed by atoms with Gasteiger partial charge in [0.15, 0.2) is 0 Å². The molecule has 2 nitrogen and oxygen atoms in total. The molecule has 0 bridgehead atoms. The zero-order valence-electron chi connectivity index (χ0n) is 11.1. The van der Waals surface area contributed by atoms with Crippen LogP contribution in [0.3, 0.4) is 0 Å². The number of rotatable bonds is 1. The lowest BCUT2D eigenvalue weighted by atomic mass is 9.63. The van der Waals surface area contributed by atoms with Crippen molar-refractivity contribution in [1.29, 1.82) is 0 Å². The maximum atomic E-state index is 13.4. The van der Waals surface area contributed by atoms with Gasteiger partial charge >= 0.3 is 0 Å². The van der Waals surface area contributed by atoms with Crippen molar-refractivity contribution in [2.45, 2.75) is 44.1 Å². The van der Waals surface area contributed by atoms with E-state index in [-0.39, 0.29) is 6.42 Å². The number of halogens is 2. The third-order valence-corrected chi connectivity index (χ3v) is 6.23. The maximum Gasteiger partial charge on any atom is 0.255 e. The van der Waals surface area contributed by atoms with Crippen molar-refractivity contribution in [3.05, 3.63) is 0 Å². The van der Waals surface area contributed by atoms with E-state index in [1.165, 1.54) is 32.4 Å². The first-order valence-electron chi connectivity index (χ1n) is 7.27. The molecule has 4 rings (SSSR count). The zero-order valence-corrected chi connectivity index (χ0v) is 11.1. The molecule has 0 aromatic rings. The van der Waals surface area contributed by atoms with E-state index in [4.69, 9.17) is 0 Å². The quantitative estimate of drug-likeness (QED) is 0.709. The molecule has 0 N–H and O–H groups in total. The van der Waals surface area contributed by atoms with Crippen molar-refractivity contribution in [3.8, 4) is 0 Å². The zero-order chi connectivity index (χ0) is 12.6. The number of hydrogen-bond acceptors (Lipinski definition) is 2. The van der Waals surface area contributed by atoms with Crippen molar-refractivity contribution in [3.63, 3.8) is 0 Å². The third kappa shape index (κ3) is 1.34. The molecule has 0 aromatic heterocycles. The fraction of sp³-hybridized carbons (Fsp3) is 1.00. The van der Waals surface area contributed by atoms with Crippen LogP contribution in [0.1, 0.15) is 32.1 Å². The minimum atomic E-state index is -2.36. The average Bonchev–Trinajstić information content (AvgIpc) is 2.69. The second kappa shape index (κ2) is 3.26. The molecule has 4 fully saturated rings. The summed E-state index contributed by atoms with van der Waals surface area (Å²) >= 11 is 0. The second-order valence-electron chi connectivity index (χ2n) is 7.29. The summed E-state index contributed by atoms with van der Waals surface area (Å²) in [6.07, 6.45) is 4.68. The molecule has 2 heterocycles. The summed E-state index contributed by atoms with van der Waals surface area (Å²) in [6.45, 7) is 3.94. The summed E-state index contributed by atoms with van der Waals surface area (Å²) in [5.74, 6) is -2.36. The Morgan fingerprint density at radius 3 is 2.28 bits per heavy atom. The van der Waals surface area contributed by atoms with Gasteiger partial charge in [0.2, 0.25) is 0 Å². The van der Waals surface area contributed by atoms with Crippen LogP contribution in [0.25, 0.3) is 0 Å². The first kappa shape index (κ1) is 11.6. The molecule has 2 spiro atoms. The molecule has 2 aliphatic carbocycles. The summed E-state index contributed by atoms with van der Waals surface area (Å²) < 4.78 is 26.9. The molecule has 3 atom stereocenters. The SMILES string of the molecule is CN1CCC2(CCC2N2CCC3(C2)CC3(F)F)C1. The monoisotopic (exact) mass is 256 g/mol. The molecule has 4 heteroatoms. The van der Waals surface area contributed by atoms with Crippen LogP contribution in [0.4, 0.5) is 8.78 Å². The van der Waals surface area contributed by atoms with Gasteiger partial charge in [-0.1, -0.05) is 0 Å². The van der Waals surface area contributed by atoms with Crippen LogP contribution in [0.2, 0.25) is 0 Å². The van der Waals surface area contributed by atoms with Crippen LogP contribution < -0.4 is 0 Å². The maximum absolute atomic E-state index is 13.4. The van der Waals surface area contributed by atoms with E-state index in [1.54, 1.807) is 0 Å². The Morgan fingerprint density at radius 2 is 1.83 bits per heavy atom. The van der Waals surface area contributed by atoms with Gasteiger partial charge in [-0.25, -0.2) is 8.78 Å². The van der Waals surface area contributed by atoms with Crippen LogP contribution in [-0.2, 0) is 0 Å². The summed E-state index contributed by atoms with van der Waals surface area (Å²) in [5, 5.41) is 0. The highest BCUT2D eigenvalue weighted by Crippen LogP contribution is 2.66. The van der Waals surface area contributed by atoms with Crippen LogP contribution >= 0.6 is 0 Å². The Bertz CT molecular complexity index is 386. The fourth-order valence-corrected chi connectivity index (χ4v) is 4.83. The van der Waals surface area contributed by atoms with Gasteiger partial charge in [-0.2, -0.15) is 0 Å². The van der Waals surface area contributed by atoms with Gasteiger partial charge in [0.05, 0.1) is 5.41 Å². The van der Waals surface area contributed by atoms with E-state index in [0.717, 1.165) is 13.0 Å². The summed E-state index contributed by atoms with van der Waals surface area (Å²) in [4.78, 5) is 4.81. The molecule has 0 radical (unpaired) electrons. The predicted octanol–water partition coefficient (Wildman–Crippen LogP) is 2.20. The van der Waals surface area contributed by atoms with Gasteiger partial charge < -0.3 is 4.90 Å². The Hall–Kier alpha value is -0.220. The molecule has 3 unspecified atom stereocenters. The van der Waals surface area contributed by atoms with Crippen molar-refractivity contribution >= 4 is 0 Å². The first-order chi connectivity index (χ1) is 8.47. The number of hydrogen-bond donors (Lipinski definition) is 0. The highest BCUT2D eigenvalue weighted by Gasteiger charge is 2.73. The van der Waals surface area contributed by atoms with Crippen molar-refractivity contribution < 1.29 is 8.78 Å². The van der Waals surface area contributed by atoms with E-state index in [9.17, 15) is 8.78 Å². The van der Waals surface area contributed by atoms with Crippen molar-refractivity contribution in [2.75, 3.05) is 33.2 Å². The molecular formula is C14H22F2N2. The summed E-state index contributed by atoms with van der Waals surface area (Å²) in [6, 6.07) is 0.596. The molecule has 2 aliphatic heterocycles. The van der Waals surface area contributed by atoms with E-state index < -0.39 is 11.3 Å². The topological polar surface area (TPSA) is 6.48 Å². The standard InChI is InChI=1S/C14H22F2N2/c1-17-6-4-12(9-17)3-2-11(12)18-7-5-13(10-18)8-14(13,15)16/h11H,2-10H2,1H3. The van der Waals surface area contributed by atoms with Gasteiger partial charge in [0.1, 0.15) is 0 Å². The molecule has 102 valence electrons. The molecule has 18 heavy (non-hydrogen) atoms. The van der Waals surface area contributed by atoms with Crippen molar-refractivity contribution in [1.82, 2.24) is 9.80 Å². The number of nitrogens with zero attached hydrogens (tertiary/aromatic N) is 2. The Balaban J connectivity index is 1.47. The van der Waals surface area contributed by atoms with Gasteiger partial charge in [0, 0.05) is 25.6 Å².